The molecular formula is C12H13N3O5. The molecular weight excluding hydrogens is 266 g/mol. The first-order chi connectivity index (χ1) is 9.38. The molecule has 1 aliphatic heterocycles. The van der Waals surface area contributed by atoms with Crippen LogP contribution in [0.25, 0.3) is 0 Å². The molecule has 1 heterocycles. The van der Waals surface area contributed by atoms with E-state index in [1.807, 2.05) is 13.8 Å². The first kappa shape index (κ1) is 13.9. The van der Waals surface area contributed by atoms with Crippen molar-refractivity contribution < 1.29 is 14.6 Å². The normalized spacial score (nSPS) is 17.8. The Bertz CT molecular complexity index is 565. The van der Waals surface area contributed by atoms with E-state index in [1.165, 1.54) is 12.1 Å². The summed E-state index contributed by atoms with van der Waals surface area (Å²) >= 11 is 0. The lowest BCUT2D eigenvalue weighted by Crippen LogP contribution is -2.13. The standard InChI is InChI=1S/C12H13N3O5/c1-7(2)11-6-20-12(13-11)8-3-9(14(16)17)5-10(4-8)15(18)19/h3-5,7,11H,6H2,1-2H3/t11-/m1/s1. The van der Waals surface area contributed by atoms with Crippen molar-refractivity contribution in [2.24, 2.45) is 10.9 Å². The number of nitro groups is 2. The van der Waals surface area contributed by atoms with Crippen molar-refractivity contribution in [3.05, 3.63) is 44.0 Å². The van der Waals surface area contributed by atoms with E-state index in [4.69, 9.17) is 4.74 Å². The van der Waals surface area contributed by atoms with Gasteiger partial charge in [0, 0.05) is 17.7 Å². The fourth-order valence-electron chi connectivity index (χ4n) is 1.82. The van der Waals surface area contributed by atoms with Crippen LogP contribution in [0.15, 0.2) is 23.2 Å². The summed E-state index contributed by atoms with van der Waals surface area (Å²) < 4.78 is 5.39. The zero-order chi connectivity index (χ0) is 14.9. The maximum Gasteiger partial charge on any atom is 0.277 e. The molecule has 1 atom stereocenters. The molecule has 1 aromatic rings. The molecule has 0 amide bonds. The largest absolute Gasteiger partial charge is 0.475 e. The number of non-ortho nitro benzene ring substituents is 2. The van der Waals surface area contributed by atoms with Crippen LogP contribution in [0.4, 0.5) is 11.4 Å². The number of benzene rings is 1. The summed E-state index contributed by atoms with van der Waals surface area (Å²) in [5.41, 5.74) is -0.448. The first-order valence-electron chi connectivity index (χ1n) is 6.03. The van der Waals surface area contributed by atoms with Crippen LogP contribution in [-0.2, 0) is 4.74 Å². The van der Waals surface area contributed by atoms with Gasteiger partial charge in [0.25, 0.3) is 11.4 Å². The van der Waals surface area contributed by atoms with Crippen molar-refractivity contribution in [3.8, 4) is 0 Å². The van der Waals surface area contributed by atoms with Gasteiger partial charge in [-0.15, -0.1) is 0 Å². The van der Waals surface area contributed by atoms with Crippen molar-refractivity contribution in [1.29, 1.82) is 0 Å². The van der Waals surface area contributed by atoms with Crippen LogP contribution >= 0.6 is 0 Å². The fourth-order valence-corrected chi connectivity index (χ4v) is 1.82. The number of hydrogen-bond acceptors (Lipinski definition) is 6. The Hall–Kier alpha value is -2.51. The topological polar surface area (TPSA) is 108 Å². The molecule has 0 N–H and O–H groups in total. The molecule has 20 heavy (non-hydrogen) atoms. The smallest absolute Gasteiger partial charge is 0.277 e. The van der Waals surface area contributed by atoms with E-state index in [9.17, 15) is 20.2 Å². The Balaban J connectivity index is 2.44. The van der Waals surface area contributed by atoms with Gasteiger partial charge in [0.2, 0.25) is 5.90 Å². The van der Waals surface area contributed by atoms with E-state index in [2.05, 4.69) is 4.99 Å². The van der Waals surface area contributed by atoms with Crippen LogP contribution in [0.5, 0.6) is 0 Å². The lowest BCUT2D eigenvalue weighted by Gasteiger charge is -2.06. The zero-order valence-electron chi connectivity index (χ0n) is 11.0. The molecule has 2 rings (SSSR count). The van der Waals surface area contributed by atoms with Gasteiger partial charge in [0.15, 0.2) is 0 Å². The van der Waals surface area contributed by atoms with Crippen LogP contribution in [-0.4, -0.2) is 28.4 Å². The molecule has 0 saturated carbocycles. The van der Waals surface area contributed by atoms with Gasteiger partial charge >= 0.3 is 0 Å². The number of ether oxygens (including phenoxy) is 1. The molecule has 0 fully saturated rings. The van der Waals surface area contributed by atoms with Crippen molar-refractivity contribution in [1.82, 2.24) is 0 Å². The van der Waals surface area contributed by atoms with Gasteiger partial charge in [0.1, 0.15) is 6.61 Å². The number of aliphatic imine (C=N–C) groups is 1. The Labute approximate surface area is 114 Å². The van der Waals surface area contributed by atoms with E-state index in [0.29, 0.717) is 6.61 Å². The van der Waals surface area contributed by atoms with E-state index in [1.54, 1.807) is 0 Å². The third-order valence-electron chi connectivity index (χ3n) is 3.01. The minimum absolute atomic E-state index is 0.0386. The second-order valence-electron chi connectivity index (χ2n) is 4.81. The Morgan fingerprint density at radius 3 is 2.15 bits per heavy atom. The second-order valence-corrected chi connectivity index (χ2v) is 4.81. The Kier molecular flexibility index (Phi) is 3.64. The minimum Gasteiger partial charge on any atom is -0.475 e. The van der Waals surface area contributed by atoms with Gasteiger partial charge < -0.3 is 4.74 Å². The zero-order valence-corrected chi connectivity index (χ0v) is 11.0. The fraction of sp³-hybridized carbons (Fsp3) is 0.417. The highest BCUT2D eigenvalue weighted by Gasteiger charge is 2.26. The predicted octanol–water partition coefficient (Wildman–Crippen LogP) is 2.30. The molecule has 0 aliphatic carbocycles. The molecule has 0 aromatic heterocycles. The predicted molar refractivity (Wildman–Crippen MR) is 70.9 cm³/mol. The summed E-state index contributed by atoms with van der Waals surface area (Å²) in [5.74, 6) is 0.483. The van der Waals surface area contributed by atoms with E-state index in [-0.39, 0.29) is 34.8 Å². The second kappa shape index (κ2) is 5.24. The molecule has 106 valence electrons. The monoisotopic (exact) mass is 279 g/mol. The summed E-state index contributed by atoms with van der Waals surface area (Å²) in [6.45, 7) is 4.34. The maximum atomic E-state index is 10.8. The highest BCUT2D eigenvalue weighted by atomic mass is 16.6. The molecule has 0 radical (unpaired) electrons. The van der Waals surface area contributed by atoms with Gasteiger partial charge in [-0.2, -0.15) is 0 Å². The number of hydrogen-bond donors (Lipinski definition) is 0. The lowest BCUT2D eigenvalue weighted by atomic mass is 10.1. The molecule has 8 heteroatoms. The van der Waals surface area contributed by atoms with Crippen molar-refractivity contribution in [2.45, 2.75) is 19.9 Å². The summed E-state index contributed by atoms with van der Waals surface area (Å²) in [7, 11) is 0. The van der Waals surface area contributed by atoms with Gasteiger partial charge in [-0.1, -0.05) is 13.8 Å². The maximum absolute atomic E-state index is 10.8. The van der Waals surface area contributed by atoms with E-state index < -0.39 is 9.85 Å². The number of rotatable bonds is 4. The summed E-state index contributed by atoms with van der Waals surface area (Å²) in [4.78, 5) is 24.6. The molecule has 0 bridgehead atoms. The van der Waals surface area contributed by atoms with Gasteiger partial charge in [-0.25, -0.2) is 4.99 Å². The summed E-state index contributed by atoms with van der Waals surface area (Å²) in [6.07, 6.45) is 0. The van der Waals surface area contributed by atoms with E-state index in [0.717, 1.165) is 6.07 Å². The molecule has 0 unspecified atom stereocenters. The SMILES string of the molecule is CC(C)[C@H]1COC(c2cc([N+](=O)[O-])cc([N+](=O)[O-])c2)=N1. The van der Waals surface area contributed by atoms with Crippen LogP contribution in [0.2, 0.25) is 0 Å². The first-order valence-corrected chi connectivity index (χ1v) is 6.03. The van der Waals surface area contributed by atoms with Crippen LogP contribution in [0, 0.1) is 26.1 Å². The number of nitrogens with zero attached hydrogens (tertiary/aromatic N) is 3. The van der Waals surface area contributed by atoms with Gasteiger partial charge in [0.05, 0.1) is 22.0 Å². The number of nitro benzene ring substituents is 2. The average Bonchev–Trinajstić information content (AvgIpc) is 2.87. The van der Waals surface area contributed by atoms with Crippen molar-refractivity contribution in [3.63, 3.8) is 0 Å². The molecule has 0 saturated heterocycles. The van der Waals surface area contributed by atoms with Gasteiger partial charge in [-0.05, 0) is 5.92 Å². The highest BCUT2D eigenvalue weighted by molar-refractivity contribution is 5.96. The van der Waals surface area contributed by atoms with Crippen molar-refractivity contribution in [2.75, 3.05) is 6.61 Å². The summed E-state index contributed by atoms with van der Waals surface area (Å²) in [6, 6.07) is 3.34. The molecule has 0 spiro atoms. The van der Waals surface area contributed by atoms with Crippen LogP contribution in [0.1, 0.15) is 19.4 Å². The third-order valence-corrected chi connectivity index (χ3v) is 3.01. The quantitative estimate of drug-likeness (QED) is 0.620. The van der Waals surface area contributed by atoms with Crippen LogP contribution in [0.3, 0.4) is 0 Å². The molecule has 1 aromatic carbocycles. The lowest BCUT2D eigenvalue weighted by molar-refractivity contribution is -0.394. The average molecular weight is 279 g/mol. The molecule has 8 nitrogen and oxygen atoms in total. The Morgan fingerprint density at radius 2 is 1.75 bits per heavy atom. The highest BCUT2D eigenvalue weighted by Crippen LogP contribution is 2.25. The summed E-state index contributed by atoms with van der Waals surface area (Å²) in [5, 5.41) is 21.6. The Morgan fingerprint density at radius 1 is 1.20 bits per heavy atom. The molecule has 1 aliphatic rings. The minimum atomic E-state index is -0.675. The van der Waals surface area contributed by atoms with E-state index >= 15 is 0 Å². The van der Waals surface area contributed by atoms with Crippen molar-refractivity contribution >= 4 is 17.3 Å². The van der Waals surface area contributed by atoms with Crippen LogP contribution < -0.4 is 0 Å². The van der Waals surface area contributed by atoms with Gasteiger partial charge in [-0.3, -0.25) is 20.2 Å². The third kappa shape index (κ3) is 2.73.